The van der Waals surface area contributed by atoms with Crippen LogP contribution in [0.4, 0.5) is 0 Å². The second-order valence-corrected chi connectivity index (χ2v) is 6.51. The number of carboxylic acid groups (broad SMARTS) is 1. The van der Waals surface area contributed by atoms with E-state index in [9.17, 15) is 9.90 Å². The molecule has 2 aromatic rings. The van der Waals surface area contributed by atoms with Gasteiger partial charge in [-0.2, -0.15) is 0 Å². The first kappa shape index (κ1) is 16.6. The fraction of sp³-hybridized carbons (Fsp3) is 0.421. The van der Waals surface area contributed by atoms with E-state index in [1.807, 2.05) is 55.4 Å². The molecule has 1 fully saturated rings. The van der Waals surface area contributed by atoms with Gasteiger partial charge in [-0.05, 0) is 49.9 Å². The Labute approximate surface area is 142 Å². The summed E-state index contributed by atoms with van der Waals surface area (Å²) < 4.78 is 0. The number of aromatic nitrogens is 2. The zero-order valence-electron chi connectivity index (χ0n) is 14.1. The predicted molar refractivity (Wildman–Crippen MR) is 91.8 cm³/mol. The molecular formula is C19H23N3O2. The molecule has 0 radical (unpaired) electrons. The molecule has 0 aromatic carbocycles. The molecule has 5 nitrogen and oxygen atoms in total. The molecule has 3 heterocycles. The summed E-state index contributed by atoms with van der Waals surface area (Å²) in [6.45, 7) is 4.74. The molecule has 2 aromatic heterocycles. The highest BCUT2D eigenvalue weighted by atomic mass is 16.4. The third kappa shape index (κ3) is 3.46. The van der Waals surface area contributed by atoms with E-state index in [4.69, 9.17) is 0 Å². The maximum absolute atomic E-state index is 11.8. The van der Waals surface area contributed by atoms with Crippen molar-refractivity contribution < 1.29 is 9.90 Å². The van der Waals surface area contributed by atoms with Gasteiger partial charge in [0.15, 0.2) is 0 Å². The molecule has 0 saturated carbocycles. The summed E-state index contributed by atoms with van der Waals surface area (Å²) in [7, 11) is 0. The highest BCUT2D eigenvalue weighted by Crippen LogP contribution is 2.32. The zero-order valence-corrected chi connectivity index (χ0v) is 14.1. The van der Waals surface area contributed by atoms with Crippen LogP contribution >= 0.6 is 0 Å². The molecule has 1 N–H and O–H groups in total. The fourth-order valence-electron chi connectivity index (χ4n) is 3.30. The van der Waals surface area contributed by atoms with Gasteiger partial charge in [-0.1, -0.05) is 18.6 Å². The van der Waals surface area contributed by atoms with Crippen LogP contribution in [0.1, 0.15) is 47.8 Å². The molecular weight excluding hydrogens is 302 g/mol. The zero-order chi connectivity index (χ0) is 17.1. The standard InChI is InChI=1S/C19H23N3O2/c1-13-6-8-15(20-11-13)18(16-9-7-14(2)12-21-16)22-10-4-3-5-17(22)19(23)24/h6-9,11-12,17-18H,3-5,10H2,1-2H3,(H,23,24). The van der Waals surface area contributed by atoms with E-state index >= 15 is 0 Å². The van der Waals surface area contributed by atoms with Crippen LogP contribution < -0.4 is 0 Å². The van der Waals surface area contributed by atoms with Crippen LogP contribution in [0.3, 0.4) is 0 Å². The van der Waals surface area contributed by atoms with Crippen molar-refractivity contribution in [3.05, 3.63) is 59.2 Å². The number of carbonyl (C=O) groups is 1. The molecule has 1 aliphatic rings. The van der Waals surface area contributed by atoms with Crippen molar-refractivity contribution in [1.29, 1.82) is 0 Å². The minimum atomic E-state index is -0.765. The van der Waals surface area contributed by atoms with Crippen LogP contribution in [0.2, 0.25) is 0 Å². The summed E-state index contributed by atoms with van der Waals surface area (Å²) in [6, 6.07) is 7.28. The summed E-state index contributed by atoms with van der Waals surface area (Å²) in [5.74, 6) is -0.765. The van der Waals surface area contributed by atoms with Crippen LogP contribution in [0.25, 0.3) is 0 Å². The number of hydrogen-bond donors (Lipinski definition) is 1. The quantitative estimate of drug-likeness (QED) is 0.935. The normalized spacial score (nSPS) is 18.7. The summed E-state index contributed by atoms with van der Waals surface area (Å²) in [5, 5.41) is 9.66. The minimum absolute atomic E-state index is 0.229. The maximum Gasteiger partial charge on any atom is 0.320 e. The molecule has 1 atom stereocenters. The topological polar surface area (TPSA) is 66.3 Å². The van der Waals surface area contributed by atoms with Crippen molar-refractivity contribution in [1.82, 2.24) is 14.9 Å². The fourth-order valence-corrected chi connectivity index (χ4v) is 3.30. The SMILES string of the molecule is Cc1ccc(C(c2ccc(C)cn2)N2CCCCC2C(=O)O)nc1. The third-order valence-electron chi connectivity index (χ3n) is 4.59. The van der Waals surface area contributed by atoms with E-state index in [-0.39, 0.29) is 6.04 Å². The maximum atomic E-state index is 11.8. The Morgan fingerprint density at radius 3 is 2.12 bits per heavy atom. The first-order valence-electron chi connectivity index (χ1n) is 8.40. The Balaban J connectivity index is 2.05. The largest absolute Gasteiger partial charge is 0.480 e. The van der Waals surface area contributed by atoms with Gasteiger partial charge in [0.1, 0.15) is 6.04 Å². The van der Waals surface area contributed by atoms with Crippen LogP contribution in [0.15, 0.2) is 36.7 Å². The molecule has 24 heavy (non-hydrogen) atoms. The van der Waals surface area contributed by atoms with Crippen LogP contribution in [0, 0.1) is 13.8 Å². The minimum Gasteiger partial charge on any atom is -0.480 e. The van der Waals surface area contributed by atoms with E-state index in [2.05, 4.69) is 9.97 Å². The number of hydrogen-bond acceptors (Lipinski definition) is 4. The van der Waals surface area contributed by atoms with Gasteiger partial charge in [0.05, 0.1) is 17.4 Å². The lowest BCUT2D eigenvalue weighted by Gasteiger charge is -2.38. The number of likely N-dealkylation sites (tertiary alicyclic amines) is 1. The van der Waals surface area contributed by atoms with Crippen LogP contribution in [0.5, 0.6) is 0 Å². The lowest BCUT2D eigenvalue weighted by atomic mass is 9.96. The lowest BCUT2D eigenvalue weighted by molar-refractivity contribution is -0.145. The average Bonchev–Trinajstić information content (AvgIpc) is 2.59. The number of aryl methyl sites for hydroxylation is 2. The molecule has 0 amide bonds. The highest BCUT2D eigenvalue weighted by molar-refractivity contribution is 5.73. The van der Waals surface area contributed by atoms with E-state index in [1.54, 1.807) is 0 Å². The van der Waals surface area contributed by atoms with Crippen LogP contribution in [-0.2, 0) is 4.79 Å². The predicted octanol–water partition coefficient (Wildman–Crippen LogP) is 3.12. The first-order valence-corrected chi connectivity index (χ1v) is 8.40. The van der Waals surface area contributed by atoms with Gasteiger partial charge in [-0.3, -0.25) is 19.7 Å². The molecule has 1 saturated heterocycles. The highest BCUT2D eigenvalue weighted by Gasteiger charge is 2.36. The van der Waals surface area contributed by atoms with Gasteiger partial charge in [0.2, 0.25) is 0 Å². The van der Waals surface area contributed by atoms with Gasteiger partial charge in [-0.25, -0.2) is 0 Å². The molecule has 1 unspecified atom stereocenters. The number of nitrogens with zero attached hydrogens (tertiary/aromatic N) is 3. The van der Waals surface area contributed by atoms with Gasteiger partial charge in [-0.15, -0.1) is 0 Å². The number of piperidine rings is 1. The smallest absolute Gasteiger partial charge is 0.320 e. The third-order valence-corrected chi connectivity index (χ3v) is 4.59. The van der Waals surface area contributed by atoms with Gasteiger partial charge in [0, 0.05) is 18.9 Å². The molecule has 3 rings (SSSR count). The van der Waals surface area contributed by atoms with E-state index in [0.29, 0.717) is 6.42 Å². The summed E-state index contributed by atoms with van der Waals surface area (Å²) >= 11 is 0. The lowest BCUT2D eigenvalue weighted by Crippen LogP contribution is -2.47. The average molecular weight is 325 g/mol. The molecule has 5 heteroatoms. The van der Waals surface area contributed by atoms with Gasteiger partial charge >= 0.3 is 5.97 Å². The summed E-state index contributed by atoms with van der Waals surface area (Å²) in [4.78, 5) is 22.9. The van der Waals surface area contributed by atoms with Gasteiger partial charge < -0.3 is 5.11 Å². The van der Waals surface area contributed by atoms with Crippen molar-refractivity contribution in [2.75, 3.05) is 6.54 Å². The molecule has 1 aliphatic heterocycles. The molecule has 126 valence electrons. The second kappa shape index (κ2) is 7.09. The summed E-state index contributed by atoms with van der Waals surface area (Å²) in [6.07, 6.45) is 6.27. The Morgan fingerprint density at radius 2 is 1.67 bits per heavy atom. The van der Waals surface area contributed by atoms with Crippen molar-refractivity contribution in [3.63, 3.8) is 0 Å². The van der Waals surface area contributed by atoms with Crippen molar-refractivity contribution >= 4 is 5.97 Å². The summed E-state index contributed by atoms with van der Waals surface area (Å²) in [5.41, 5.74) is 3.88. The number of rotatable bonds is 4. The number of pyridine rings is 2. The first-order chi connectivity index (χ1) is 11.6. The molecule has 0 bridgehead atoms. The van der Waals surface area contributed by atoms with E-state index < -0.39 is 12.0 Å². The van der Waals surface area contributed by atoms with E-state index in [0.717, 1.165) is 41.9 Å². The monoisotopic (exact) mass is 325 g/mol. The molecule has 0 spiro atoms. The number of carboxylic acids is 1. The van der Waals surface area contributed by atoms with Crippen molar-refractivity contribution in [3.8, 4) is 0 Å². The van der Waals surface area contributed by atoms with Crippen LogP contribution in [-0.4, -0.2) is 38.5 Å². The van der Waals surface area contributed by atoms with Gasteiger partial charge in [0.25, 0.3) is 0 Å². The van der Waals surface area contributed by atoms with E-state index in [1.165, 1.54) is 0 Å². The van der Waals surface area contributed by atoms with Crippen molar-refractivity contribution in [2.24, 2.45) is 0 Å². The Bertz CT molecular complexity index is 652. The molecule has 0 aliphatic carbocycles. The van der Waals surface area contributed by atoms with Crippen molar-refractivity contribution in [2.45, 2.75) is 45.2 Å². The number of aliphatic carboxylic acids is 1. The Hall–Kier alpha value is -2.27. The Kier molecular flexibility index (Phi) is 4.90. The second-order valence-electron chi connectivity index (χ2n) is 6.51. The Morgan fingerprint density at radius 1 is 1.08 bits per heavy atom.